The van der Waals surface area contributed by atoms with Gasteiger partial charge in [0.2, 0.25) is 17.2 Å². The third-order valence-corrected chi connectivity index (χ3v) is 10.8. The van der Waals surface area contributed by atoms with Crippen LogP contribution in [0.25, 0.3) is 0 Å². The van der Waals surface area contributed by atoms with E-state index in [0.717, 1.165) is 15.9 Å². The van der Waals surface area contributed by atoms with Gasteiger partial charge in [-0.15, -0.1) is 0 Å². The first-order valence-electron chi connectivity index (χ1n) is 16.9. The molecule has 0 saturated heterocycles. The van der Waals surface area contributed by atoms with E-state index < -0.39 is 40.3 Å². The number of fused-ring (bicyclic) bond motifs is 2. The molecule has 0 fully saturated rings. The average Bonchev–Trinajstić information content (AvgIpc) is 3.49. The highest BCUT2D eigenvalue weighted by Crippen LogP contribution is 2.56. The summed E-state index contributed by atoms with van der Waals surface area (Å²) in [5.74, 6) is -0.920. The van der Waals surface area contributed by atoms with E-state index in [1.54, 1.807) is 39.3 Å². The van der Waals surface area contributed by atoms with Gasteiger partial charge in [-0.2, -0.15) is 0 Å². The number of aromatic nitrogens is 2. The Bertz CT molecular complexity index is 2350. The number of allylic oxidation sites excluding steroid dienone is 1. The van der Waals surface area contributed by atoms with E-state index in [-0.39, 0.29) is 57.8 Å². The van der Waals surface area contributed by atoms with Crippen LogP contribution in [0.3, 0.4) is 0 Å². The maximum atomic E-state index is 15.3. The minimum atomic E-state index is -2.04. The molecule has 13 nitrogen and oxygen atoms in total. The summed E-state index contributed by atoms with van der Waals surface area (Å²) in [4.78, 5) is 57.2. The first-order chi connectivity index (χ1) is 25.4. The van der Waals surface area contributed by atoms with Crippen LogP contribution < -0.4 is 45.0 Å². The summed E-state index contributed by atoms with van der Waals surface area (Å²) in [6, 6.07) is 14.3. The average molecular weight is 744 g/mol. The number of carbonyl (C=O) groups excluding carboxylic acids is 2. The summed E-state index contributed by atoms with van der Waals surface area (Å²) in [5, 5.41) is 3.26. The highest BCUT2D eigenvalue weighted by Gasteiger charge is 2.63. The van der Waals surface area contributed by atoms with Crippen molar-refractivity contribution in [2.75, 3.05) is 40.4 Å². The predicted octanol–water partition coefficient (Wildman–Crippen LogP) is 4.83. The van der Waals surface area contributed by atoms with Crippen molar-refractivity contribution in [3.63, 3.8) is 0 Å². The van der Waals surface area contributed by atoms with Gasteiger partial charge in [-0.3, -0.25) is 23.5 Å². The standard InChI is InChI=1S/C39H38ClN3O10/c1-19-16-23-29(34(44)39(19)35(45)30-26(50-6)18-27(51-7)32(40)33(30)53-39)28(31-36(41-23)42(2)38(47)43(3)37(31)46)21-10-13-24(49-5)25(17-21)52-15-14-20-8-11-22(48-4)12-9-20/h8-13,17-19,28,41H,14-16H2,1-7H3/t19-,28-,39+/m1/s1. The molecular formula is C39H38ClN3O10. The van der Waals surface area contributed by atoms with Crippen molar-refractivity contribution in [3.8, 4) is 34.5 Å². The summed E-state index contributed by atoms with van der Waals surface area (Å²) >= 11 is 6.68. The van der Waals surface area contributed by atoms with Crippen LogP contribution in [0.4, 0.5) is 5.82 Å². The maximum absolute atomic E-state index is 15.3. The van der Waals surface area contributed by atoms with Crippen molar-refractivity contribution in [2.45, 2.75) is 31.3 Å². The number of nitrogens with one attached hydrogen (secondary N) is 1. The number of ketones is 2. The Hall–Kier alpha value is -5.69. The number of rotatable bonds is 9. The summed E-state index contributed by atoms with van der Waals surface area (Å²) in [6.07, 6.45) is 0.722. The molecule has 0 radical (unpaired) electrons. The number of anilines is 1. The zero-order valence-corrected chi connectivity index (χ0v) is 31.0. The van der Waals surface area contributed by atoms with Gasteiger partial charge in [-0.25, -0.2) is 4.79 Å². The van der Waals surface area contributed by atoms with E-state index >= 15 is 4.79 Å². The fourth-order valence-electron chi connectivity index (χ4n) is 7.58. The molecular weight excluding hydrogens is 706 g/mol. The molecule has 0 amide bonds. The zero-order valence-electron chi connectivity index (χ0n) is 30.2. The van der Waals surface area contributed by atoms with Crippen molar-refractivity contribution < 1.29 is 38.0 Å². The molecule has 0 unspecified atom stereocenters. The van der Waals surface area contributed by atoms with Crippen molar-refractivity contribution in [1.82, 2.24) is 9.13 Å². The van der Waals surface area contributed by atoms with Gasteiger partial charge in [0.1, 0.15) is 33.7 Å². The molecule has 0 bridgehead atoms. The second-order valence-electron chi connectivity index (χ2n) is 13.2. The molecule has 7 rings (SSSR count). The van der Waals surface area contributed by atoms with Gasteiger partial charge in [-0.1, -0.05) is 36.7 Å². The quantitative estimate of drug-likeness (QED) is 0.236. The number of carbonyl (C=O) groups is 2. The van der Waals surface area contributed by atoms with Crippen LogP contribution in [0.1, 0.15) is 46.3 Å². The fraction of sp³-hybridized carbons (Fsp3) is 0.333. The lowest BCUT2D eigenvalue weighted by atomic mass is 9.66. The molecule has 1 aliphatic carbocycles. The van der Waals surface area contributed by atoms with Gasteiger partial charge in [0.05, 0.1) is 40.6 Å². The Kier molecular flexibility index (Phi) is 9.01. The van der Waals surface area contributed by atoms with Crippen LogP contribution in [-0.4, -0.2) is 61.3 Å². The third kappa shape index (κ3) is 5.35. The minimum Gasteiger partial charge on any atom is -0.497 e. The van der Waals surface area contributed by atoms with Crippen molar-refractivity contribution in [1.29, 1.82) is 0 Å². The van der Waals surface area contributed by atoms with E-state index in [1.807, 2.05) is 24.3 Å². The monoisotopic (exact) mass is 743 g/mol. The first kappa shape index (κ1) is 35.7. The van der Waals surface area contributed by atoms with Gasteiger partial charge in [0, 0.05) is 49.7 Å². The molecule has 1 spiro atoms. The van der Waals surface area contributed by atoms with Crippen LogP contribution in [-0.2, 0) is 25.3 Å². The topological polar surface area (TPSA) is 146 Å². The molecule has 1 N–H and O–H groups in total. The fourth-order valence-corrected chi connectivity index (χ4v) is 7.84. The molecule has 1 aromatic heterocycles. The van der Waals surface area contributed by atoms with Gasteiger partial charge in [0.25, 0.3) is 5.56 Å². The summed E-state index contributed by atoms with van der Waals surface area (Å²) in [7, 11) is 8.86. The van der Waals surface area contributed by atoms with Gasteiger partial charge in [0.15, 0.2) is 17.2 Å². The van der Waals surface area contributed by atoms with Crippen LogP contribution >= 0.6 is 11.6 Å². The van der Waals surface area contributed by atoms with Gasteiger partial charge in [-0.05, 0) is 41.8 Å². The van der Waals surface area contributed by atoms with Gasteiger partial charge >= 0.3 is 5.69 Å². The largest absolute Gasteiger partial charge is 0.497 e. The number of methoxy groups -OCH3 is 4. The predicted molar refractivity (Wildman–Crippen MR) is 196 cm³/mol. The maximum Gasteiger partial charge on any atom is 0.332 e. The lowest BCUT2D eigenvalue weighted by molar-refractivity contribution is -0.130. The lowest BCUT2D eigenvalue weighted by Gasteiger charge is -2.42. The zero-order chi connectivity index (χ0) is 37.9. The number of halogens is 1. The van der Waals surface area contributed by atoms with Crippen molar-refractivity contribution in [3.05, 3.63) is 108 Å². The normalized spacial score (nSPS) is 19.9. The Balaban J connectivity index is 1.37. The third-order valence-electron chi connectivity index (χ3n) is 10.4. The van der Waals surface area contributed by atoms with Crippen LogP contribution in [0, 0.1) is 5.92 Å². The molecule has 3 aliphatic rings. The molecule has 3 aromatic carbocycles. The van der Waals surface area contributed by atoms with E-state index in [4.69, 9.17) is 40.0 Å². The van der Waals surface area contributed by atoms with Crippen molar-refractivity contribution in [2.24, 2.45) is 20.0 Å². The van der Waals surface area contributed by atoms with Gasteiger partial charge < -0.3 is 33.7 Å². The highest BCUT2D eigenvalue weighted by atomic mass is 35.5. The molecule has 2 aliphatic heterocycles. The van der Waals surface area contributed by atoms with E-state index in [1.165, 1.54) is 39.0 Å². The number of Topliss-reactive ketones (excluding diaryl/α,β-unsaturated/α-hetero) is 2. The molecule has 3 heterocycles. The molecule has 14 heteroatoms. The van der Waals surface area contributed by atoms with E-state index in [2.05, 4.69) is 5.32 Å². The Labute approximate surface area is 309 Å². The smallest absolute Gasteiger partial charge is 0.332 e. The summed E-state index contributed by atoms with van der Waals surface area (Å²) in [6.45, 7) is 2.02. The molecule has 53 heavy (non-hydrogen) atoms. The lowest BCUT2D eigenvalue weighted by Crippen LogP contribution is -2.58. The minimum absolute atomic E-state index is 0.0202. The first-order valence-corrected chi connectivity index (χ1v) is 17.3. The van der Waals surface area contributed by atoms with E-state index in [9.17, 15) is 14.4 Å². The molecule has 276 valence electrons. The Morgan fingerprint density at radius 3 is 2.21 bits per heavy atom. The highest BCUT2D eigenvalue weighted by molar-refractivity contribution is 6.36. The van der Waals surface area contributed by atoms with Crippen LogP contribution in [0.5, 0.6) is 34.5 Å². The molecule has 3 atom stereocenters. The number of benzene rings is 3. The molecule has 4 aromatic rings. The Morgan fingerprint density at radius 1 is 0.849 bits per heavy atom. The molecule has 0 saturated carbocycles. The summed E-state index contributed by atoms with van der Waals surface area (Å²) < 4.78 is 36.9. The Morgan fingerprint density at radius 2 is 1.55 bits per heavy atom. The van der Waals surface area contributed by atoms with Crippen LogP contribution in [0.15, 0.2) is 69.4 Å². The number of hydrogen-bond acceptors (Lipinski definition) is 11. The SMILES string of the molecule is COc1ccc(CCOc2cc([C@@H]3C4=C(C[C@@H](C)[C@]5(Oc6c(Cl)c(OC)cc(OC)c6C5=O)C4=O)Nc4c3c(=O)n(C)c(=O)n4C)ccc2OC)cc1. The second-order valence-corrected chi connectivity index (χ2v) is 13.6. The van der Waals surface area contributed by atoms with E-state index in [0.29, 0.717) is 29.2 Å². The number of nitrogens with zero attached hydrogens (tertiary/aromatic N) is 2. The van der Waals surface area contributed by atoms with Crippen LogP contribution in [0.2, 0.25) is 5.02 Å². The van der Waals surface area contributed by atoms with Crippen molar-refractivity contribution >= 4 is 29.0 Å². The summed E-state index contributed by atoms with van der Waals surface area (Å²) in [5.41, 5.74) is -0.919. The number of hydrogen-bond donors (Lipinski definition) is 1. The second kappa shape index (κ2) is 13.4. The number of ether oxygens (including phenoxy) is 6.